The molecule has 1 fully saturated rings. The third-order valence-corrected chi connectivity index (χ3v) is 3.20. The van der Waals surface area contributed by atoms with Crippen LogP contribution >= 0.6 is 0 Å². The lowest BCUT2D eigenvalue weighted by molar-refractivity contribution is 0.502. The predicted molar refractivity (Wildman–Crippen MR) is 60.0 cm³/mol. The molecular weight excluding hydrogens is 189 g/mol. The molecule has 82 valence electrons. The summed E-state index contributed by atoms with van der Waals surface area (Å²) in [5.74, 6) is 0.698. The van der Waals surface area contributed by atoms with Crippen molar-refractivity contribution in [1.29, 1.82) is 0 Å². The first-order chi connectivity index (χ1) is 7.24. The van der Waals surface area contributed by atoms with Gasteiger partial charge in [0.25, 0.3) is 0 Å². The van der Waals surface area contributed by atoms with Gasteiger partial charge in [-0.3, -0.25) is 0 Å². The van der Waals surface area contributed by atoms with Gasteiger partial charge in [-0.15, -0.1) is 0 Å². The predicted octanol–water partition coefficient (Wildman–Crippen LogP) is 3.10. The van der Waals surface area contributed by atoms with E-state index in [1.165, 1.54) is 31.4 Å². The van der Waals surface area contributed by atoms with Crippen molar-refractivity contribution in [3.8, 4) is 0 Å². The van der Waals surface area contributed by atoms with Crippen LogP contribution < -0.4 is 5.32 Å². The molecule has 0 amide bonds. The van der Waals surface area contributed by atoms with Crippen molar-refractivity contribution >= 4 is 0 Å². The molecule has 0 aromatic heterocycles. The van der Waals surface area contributed by atoms with Crippen LogP contribution in [0.5, 0.6) is 0 Å². The highest BCUT2D eigenvalue weighted by Gasteiger charge is 2.20. The molecule has 2 rings (SSSR count). The van der Waals surface area contributed by atoms with Gasteiger partial charge in [-0.25, -0.2) is 4.39 Å². The minimum absolute atomic E-state index is 0.159. The van der Waals surface area contributed by atoms with Crippen molar-refractivity contribution in [2.75, 3.05) is 0 Å². The zero-order chi connectivity index (χ0) is 10.7. The minimum atomic E-state index is -0.159. The lowest BCUT2D eigenvalue weighted by Crippen LogP contribution is -2.25. The minimum Gasteiger partial charge on any atom is -0.310 e. The average molecular weight is 207 g/mol. The number of nitrogens with one attached hydrogen (secondary N) is 1. The number of halogens is 1. The molecule has 0 aliphatic heterocycles. The van der Waals surface area contributed by atoms with Crippen molar-refractivity contribution in [3.63, 3.8) is 0 Å². The second kappa shape index (κ2) is 4.75. The molecule has 1 aliphatic carbocycles. The molecule has 0 bridgehead atoms. The van der Waals surface area contributed by atoms with Crippen molar-refractivity contribution in [3.05, 3.63) is 35.6 Å². The van der Waals surface area contributed by atoms with Gasteiger partial charge in [-0.1, -0.05) is 19.1 Å². The maximum absolute atomic E-state index is 12.7. The van der Waals surface area contributed by atoms with Crippen LogP contribution in [-0.2, 0) is 6.54 Å². The lowest BCUT2D eigenvalue weighted by Gasteiger charge is -2.12. The number of hydrogen-bond acceptors (Lipinski definition) is 1. The second-order valence-electron chi connectivity index (χ2n) is 4.62. The molecule has 2 heteroatoms. The monoisotopic (exact) mass is 207 g/mol. The van der Waals surface area contributed by atoms with E-state index in [0.29, 0.717) is 6.04 Å². The molecule has 1 N–H and O–H groups in total. The van der Waals surface area contributed by atoms with Crippen LogP contribution in [0.1, 0.15) is 31.7 Å². The molecular formula is C13H18FN. The van der Waals surface area contributed by atoms with Gasteiger partial charge in [0, 0.05) is 12.6 Å². The maximum Gasteiger partial charge on any atom is 0.123 e. The van der Waals surface area contributed by atoms with E-state index in [1.807, 2.05) is 12.1 Å². The number of benzene rings is 1. The summed E-state index contributed by atoms with van der Waals surface area (Å²) >= 11 is 0. The van der Waals surface area contributed by atoms with Gasteiger partial charge in [0.05, 0.1) is 0 Å². The van der Waals surface area contributed by atoms with Gasteiger partial charge in [0.15, 0.2) is 0 Å². The van der Waals surface area contributed by atoms with Crippen LogP contribution in [0.25, 0.3) is 0 Å². The topological polar surface area (TPSA) is 12.0 Å². The Kier molecular flexibility index (Phi) is 3.37. The molecule has 2 atom stereocenters. The van der Waals surface area contributed by atoms with Crippen molar-refractivity contribution in [2.24, 2.45) is 5.92 Å². The summed E-state index contributed by atoms with van der Waals surface area (Å²) in [6.45, 7) is 3.16. The first-order valence-electron chi connectivity index (χ1n) is 5.72. The molecule has 1 nitrogen and oxygen atoms in total. The largest absolute Gasteiger partial charge is 0.310 e. The van der Waals surface area contributed by atoms with Crippen LogP contribution in [0, 0.1) is 11.7 Å². The molecule has 1 saturated carbocycles. The lowest BCUT2D eigenvalue weighted by atomic mass is 10.1. The van der Waals surface area contributed by atoms with Gasteiger partial charge < -0.3 is 5.32 Å². The van der Waals surface area contributed by atoms with E-state index < -0.39 is 0 Å². The van der Waals surface area contributed by atoms with Crippen LogP contribution in [0.3, 0.4) is 0 Å². The fraction of sp³-hybridized carbons (Fsp3) is 0.538. The van der Waals surface area contributed by atoms with Gasteiger partial charge in [0.1, 0.15) is 5.82 Å². The highest BCUT2D eigenvalue weighted by atomic mass is 19.1. The first-order valence-corrected chi connectivity index (χ1v) is 5.72. The van der Waals surface area contributed by atoms with Gasteiger partial charge in [-0.05, 0) is 42.9 Å². The molecule has 0 saturated heterocycles. The molecule has 1 aromatic rings. The SMILES string of the molecule is C[C@@H]1CC[C@H](NCc2ccc(F)cc2)C1. The van der Waals surface area contributed by atoms with Crippen LogP contribution in [0.4, 0.5) is 4.39 Å². The molecule has 0 unspecified atom stereocenters. The van der Waals surface area contributed by atoms with Crippen molar-refractivity contribution in [2.45, 2.75) is 38.8 Å². The maximum atomic E-state index is 12.7. The molecule has 0 spiro atoms. The van der Waals surface area contributed by atoms with E-state index in [2.05, 4.69) is 12.2 Å². The number of rotatable bonds is 3. The number of hydrogen-bond donors (Lipinski definition) is 1. The summed E-state index contributed by atoms with van der Waals surface area (Å²) in [5.41, 5.74) is 1.16. The molecule has 0 radical (unpaired) electrons. The summed E-state index contributed by atoms with van der Waals surface area (Å²) in [6, 6.07) is 7.40. The second-order valence-corrected chi connectivity index (χ2v) is 4.62. The Morgan fingerprint density at radius 1 is 1.27 bits per heavy atom. The van der Waals surface area contributed by atoms with Gasteiger partial charge in [0.2, 0.25) is 0 Å². The fourth-order valence-electron chi connectivity index (χ4n) is 2.26. The van der Waals surface area contributed by atoms with Crippen molar-refractivity contribution < 1.29 is 4.39 Å². The van der Waals surface area contributed by atoms with E-state index in [9.17, 15) is 4.39 Å². The highest BCUT2D eigenvalue weighted by molar-refractivity contribution is 5.15. The highest BCUT2D eigenvalue weighted by Crippen LogP contribution is 2.24. The summed E-state index contributed by atoms with van der Waals surface area (Å²) in [4.78, 5) is 0. The van der Waals surface area contributed by atoms with Crippen LogP contribution in [0.15, 0.2) is 24.3 Å². The van der Waals surface area contributed by atoms with E-state index in [1.54, 1.807) is 0 Å². The van der Waals surface area contributed by atoms with Gasteiger partial charge in [-0.2, -0.15) is 0 Å². The first kappa shape index (κ1) is 10.6. The van der Waals surface area contributed by atoms with Crippen LogP contribution in [-0.4, -0.2) is 6.04 Å². The summed E-state index contributed by atoms with van der Waals surface area (Å²) < 4.78 is 12.7. The Morgan fingerprint density at radius 2 is 2.00 bits per heavy atom. The molecule has 0 heterocycles. The zero-order valence-electron chi connectivity index (χ0n) is 9.17. The normalized spacial score (nSPS) is 25.7. The Morgan fingerprint density at radius 3 is 2.60 bits per heavy atom. The Labute approximate surface area is 90.7 Å². The standard InChI is InChI=1S/C13H18FN/c1-10-2-7-13(8-10)15-9-11-3-5-12(14)6-4-11/h3-6,10,13,15H,2,7-9H2,1H3/t10-,13+/m1/s1. The van der Waals surface area contributed by atoms with Crippen LogP contribution in [0.2, 0.25) is 0 Å². The van der Waals surface area contributed by atoms with E-state index in [4.69, 9.17) is 0 Å². The third kappa shape index (κ3) is 3.03. The van der Waals surface area contributed by atoms with E-state index in [0.717, 1.165) is 18.0 Å². The average Bonchev–Trinajstić information content (AvgIpc) is 2.64. The van der Waals surface area contributed by atoms with Gasteiger partial charge >= 0.3 is 0 Å². The Hall–Kier alpha value is -0.890. The fourth-order valence-corrected chi connectivity index (χ4v) is 2.26. The summed E-state index contributed by atoms with van der Waals surface area (Å²) in [7, 11) is 0. The molecule has 1 aliphatic rings. The van der Waals surface area contributed by atoms with Crippen molar-refractivity contribution in [1.82, 2.24) is 5.32 Å². The quantitative estimate of drug-likeness (QED) is 0.803. The Balaban J connectivity index is 1.80. The smallest absolute Gasteiger partial charge is 0.123 e. The Bertz CT molecular complexity index is 307. The summed E-state index contributed by atoms with van der Waals surface area (Å²) in [6.07, 6.45) is 3.89. The third-order valence-electron chi connectivity index (χ3n) is 3.20. The summed E-state index contributed by atoms with van der Waals surface area (Å²) in [5, 5.41) is 3.53. The van der Waals surface area contributed by atoms with E-state index in [-0.39, 0.29) is 5.82 Å². The zero-order valence-corrected chi connectivity index (χ0v) is 9.17. The molecule has 1 aromatic carbocycles. The molecule has 15 heavy (non-hydrogen) atoms. The van der Waals surface area contributed by atoms with E-state index >= 15 is 0 Å².